The molecule has 3 rings (SSSR count). The molecule has 0 saturated heterocycles. The molecule has 0 bridgehead atoms. The molecule has 0 atom stereocenters. The smallest absolute Gasteiger partial charge is 0.227 e. The van der Waals surface area contributed by atoms with E-state index in [0.717, 1.165) is 17.0 Å². The number of hydrogen-bond acceptors (Lipinski definition) is 5. The molecular formula is C20H21N3O3. The summed E-state index contributed by atoms with van der Waals surface area (Å²) in [5.41, 5.74) is 2.79. The number of aryl methyl sites for hydroxylation is 2. The first-order chi connectivity index (χ1) is 12.6. The second-order valence-electron chi connectivity index (χ2n) is 5.88. The Morgan fingerprint density at radius 2 is 1.85 bits per heavy atom. The molecule has 134 valence electrons. The second-order valence-corrected chi connectivity index (χ2v) is 5.88. The van der Waals surface area contributed by atoms with E-state index in [1.54, 1.807) is 0 Å². The van der Waals surface area contributed by atoms with Gasteiger partial charge in [-0.15, -0.1) is 0 Å². The summed E-state index contributed by atoms with van der Waals surface area (Å²) in [7, 11) is 0. The lowest BCUT2D eigenvalue weighted by molar-refractivity contribution is -0.116. The van der Waals surface area contributed by atoms with Crippen molar-refractivity contribution < 1.29 is 14.1 Å². The van der Waals surface area contributed by atoms with E-state index < -0.39 is 0 Å². The van der Waals surface area contributed by atoms with Crippen LogP contribution in [0.1, 0.15) is 24.8 Å². The highest BCUT2D eigenvalue weighted by atomic mass is 16.5. The van der Waals surface area contributed by atoms with E-state index in [-0.39, 0.29) is 12.3 Å². The van der Waals surface area contributed by atoms with Gasteiger partial charge in [0.25, 0.3) is 0 Å². The van der Waals surface area contributed by atoms with Crippen LogP contribution >= 0.6 is 0 Å². The van der Waals surface area contributed by atoms with Gasteiger partial charge in [0, 0.05) is 24.1 Å². The number of amides is 1. The number of carbonyl (C=O) groups excluding carboxylic acids is 1. The lowest BCUT2D eigenvalue weighted by atomic mass is 10.1. The maximum atomic E-state index is 12.1. The van der Waals surface area contributed by atoms with Crippen LogP contribution in [0.5, 0.6) is 5.75 Å². The molecule has 6 heteroatoms. The van der Waals surface area contributed by atoms with E-state index in [0.29, 0.717) is 24.7 Å². The van der Waals surface area contributed by atoms with E-state index in [1.165, 1.54) is 5.56 Å². The zero-order chi connectivity index (χ0) is 18.4. The van der Waals surface area contributed by atoms with E-state index in [4.69, 9.17) is 9.26 Å². The number of aromatic nitrogens is 2. The van der Waals surface area contributed by atoms with Gasteiger partial charge in [-0.2, -0.15) is 4.98 Å². The summed E-state index contributed by atoms with van der Waals surface area (Å²) in [6.07, 6.45) is 0.657. The first-order valence-electron chi connectivity index (χ1n) is 8.56. The summed E-state index contributed by atoms with van der Waals surface area (Å²) in [6, 6.07) is 15.2. The molecule has 0 saturated carbocycles. The van der Waals surface area contributed by atoms with Crippen molar-refractivity contribution in [1.82, 2.24) is 10.1 Å². The SMILES string of the molecule is CCOc1ccc(NC(=O)CCc2nc(-c3ccc(C)cc3)no2)cc1. The van der Waals surface area contributed by atoms with Gasteiger partial charge in [0.2, 0.25) is 17.6 Å². The average Bonchev–Trinajstić information content (AvgIpc) is 3.11. The highest BCUT2D eigenvalue weighted by Crippen LogP contribution is 2.18. The van der Waals surface area contributed by atoms with Crippen LogP contribution in [0.2, 0.25) is 0 Å². The Balaban J connectivity index is 1.52. The largest absolute Gasteiger partial charge is 0.494 e. The van der Waals surface area contributed by atoms with Crippen molar-refractivity contribution in [2.45, 2.75) is 26.7 Å². The minimum absolute atomic E-state index is 0.107. The molecule has 0 aliphatic carbocycles. The van der Waals surface area contributed by atoms with E-state index in [2.05, 4.69) is 15.5 Å². The monoisotopic (exact) mass is 351 g/mol. The van der Waals surface area contributed by atoms with Crippen molar-refractivity contribution in [3.05, 3.63) is 60.0 Å². The van der Waals surface area contributed by atoms with E-state index >= 15 is 0 Å². The standard InChI is InChI=1S/C20H21N3O3/c1-3-25-17-10-8-16(9-11-17)21-18(24)12-13-19-22-20(23-26-19)15-6-4-14(2)5-7-15/h4-11H,3,12-13H2,1-2H3,(H,21,24). The summed E-state index contributed by atoms with van der Waals surface area (Å²) >= 11 is 0. The van der Waals surface area contributed by atoms with Gasteiger partial charge in [0.05, 0.1) is 6.61 Å². The first-order valence-corrected chi connectivity index (χ1v) is 8.56. The normalized spacial score (nSPS) is 10.5. The molecule has 0 aliphatic heterocycles. The number of carbonyl (C=O) groups is 1. The number of anilines is 1. The minimum atomic E-state index is -0.107. The Morgan fingerprint density at radius 1 is 1.12 bits per heavy atom. The van der Waals surface area contributed by atoms with Gasteiger partial charge in [-0.1, -0.05) is 35.0 Å². The number of nitrogens with one attached hydrogen (secondary N) is 1. The Bertz CT molecular complexity index is 855. The minimum Gasteiger partial charge on any atom is -0.494 e. The van der Waals surface area contributed by atoms with Crippen LogP contribution in [-0.4, -0.2) is 22.7 Å². The summed E-state index contributed by atoms with van der Waals surface area (Å²) < 4.78 is 10.6. The summed E-state index contributed by atoms with van der Waals surface area (Å²) in [4.78, 5) is 16.4. The highest BCUT2D eigenvalue weighted by Gasteiger charge is 2.11. The Kier molecular flexibility index (Phi) is 5.63. The molecule has 0 radical (unpaired) electrons. The predicted molar refractivity (Wildman–Crippen MR) is 99.0 cm³/mol. The van der Waals surface area contributed by atoms with E-state index in [1.807, 2.05) is 62.4 Å². The van der Waals surface area contributed by atoms with Gasteiger partial charge in [-0.25, -0.2) is 0 Å². The quantitative estimate of drug-likeness (QED) is 0.696. The molecule has 26 heavy (non-hydrogen) atoms. The number of benzene rings is 2. The highest BCUT2D eigenvalue weighted by molar-refractivity contribution is 5.90. The van der Waals surface area contributed by atoms with Crippen LogP contribution in [-0.2, 0) is 11.2 Å². The molecule has 0 unspecified atom stereocenters. The van der Waals surface area contributed by atoms with Crippen LogP contribution in [0.3, 0.4) is 0 Å². The Labute approximate surface area is 152 Å². The second kappa shape index (κ2) is 8.29. The van der Waals surface area contributed by atoms with Gasteiger partial charge in [-0.05, 0) is 38.1 Å². The predicted octanol–water partition coefficient (Wildman–Crippen LogP) is 4.02. The summed E-state index contributed by atoms with van der Waals surface area (Å²) in [5.74, 6) is 1.65. The topological polar surface area (TPSA) is 77.2 Å². The molecule has 3 aromatic rings. The molecule has 6 nitrogen and oxygen atoms in total. The van der Waals surface area contributed by atoms with Gasteiger partial charge in [0.15, 0.2) is 0 Å². The third-order valence-corrected chi connectivity index (χ3v) is 3.79. The Hall–Kier alpha value is -3.15. The molecule has 1 aromatic heterocycles. The van der Waals surface area contributed by atoms with Crippen molar-refractivity contribution in [3.63, 3.8) is 0 Å². The van der Waals surface area contributed by atoms with Gasteiger partial charge in [-0.3, -0.25) is 4.79 Å². The molecule has 2 aromatic carbocycles. The molecule has 0 spiro atoms. The van der Waals surface area contributed by atoms with Crippen LogP contribution in [0.15, 0.2) is 53.1 Å². The number of hydrogen-bond donors (Lipinski definition) is 1. The van der Waals surface area contributed by atoms with Crippen LogP contribution in [0.25, 0.3) is 11.4 Å². The van der Waals surface area contributed by atoms with Gasteiger partial charge >= 0.3 is 0 Å². The molecule has 0 fully saturated rings. The van der Waals surface area contributed by atoms with E-state index in [9.17, 15) is 4.79 Å². The molecule has 1 heterocycles. The number of rotatable bonds is 7. The van der Waals surface area contributed by atoms with Crippen molar-refractivity contribution in [3.8, 4) is 17.1 Å². The van der Waals surface area contributed by atoms with Crippen molar-refractivity contribution in [1.29, 1.82) is 0 Å². The maximum Gasteiger partial charge on any atom is 0.227 e. The van der Waals surface area contributed by atoms with Gasteiger partial charge < -0.3 is 14.6 Å². The summed E-state index contributed by atoms with van der Waals surface area (Å²) in [5, 5.41) is 6.82. The average molecular weight is 351 g/mol. The van der Waals surface area contributed by atoms with Crippen molar-refractivity contribution in [2.75, 3.05) is 11.9 Å². The van der Waals surface area contributed by atoms with Crippen molar-refractivity contribution in [2.24, 2.45) is 0 Å². The fourth-order valence-corrected chi connectivity index (χ4v) is 2.42. The van der Waals surface area contributed by atoms with Gasteiger partial charge in [0.1, 0.15) is 5.75 Å². The number of ether oxygens (including phenoxy) is 1. The third kappa shape index (κ3) is 4.69. The Morgan fingerprint density at radius 3 is 2.54 bits per heavy atom. The fraction of sp³-hybridized carbons (Fsp3) is 0.250. The first kappa shape index (κ1) is 17.7. The maximum absolute atomic E-state index is 12.1. The molecule has 1 N–H and O–H groups in total. The van der Waals surface area contributed by atoms with Crippen LogP contribution in [0, 0.1) is 6.92 Å². The molecular weight excluding hydrogens is 330 g/mol. The summed E-state index contributed by atoms with van der Waals surface area (Å²) in [6.45, 7) is 4.56. The van der Waals surface area contributed by atoms with Crippen LogP contribution < -0.4 is 10.1 Å². The molecule has 1 amide bonds. The zero-order valence-corrected chi connectivity index (χ0v) is 14.9. The lowest BCUT2D eigenvalue weighted by Crippen LogP contribution is -2.12. The zero-order valence-electron chi connectivity index (χ0n) is 14.9. The third-order valence-electron chi connectivity index (χ3n) is 3.79. The molecule has 0 aliphatic rings. The number of nitrogens with zero attached hydrogens (tertiary/aromatic N) is 2. The van der Waals surface area contributed by atoms with Crippen molar-refractivity contribution >= 4 is 11.6 Å². The lowest BCUT2D eigenvalue weighted by Gasteiger charge is -2.06. The van der Waals surface area contributed by atoms with Crippen LogP contribution in [0.4, 0.5) is 5.69 Å². The fourth-order valence-electron chi connectivity index (χ4n) is 2.42.